The number of rotatable bonds is 4. The van der Waals surface area contributed by atoms with Crippen molar-refractivity contribution in [3.8, 4) is 11.3 Å². The molecule has 130 valence electrons. The molecule has 0 amide bonds. The van der Waals surface area contributed by atoms with Gasteiger partial charge in [0, 0.05) is 22.8 Å². The highest BCUT2D eigenvalue weighted by atomic mass is 35.5. The maximum Gasteiger partial charge on any atom is 0.263 e. The Morgan fingerprint density at radius 2 is 1.88 bits per heavy atom. The number of hydrogen-bond donors (Lipinski definition) is 0. The van der Waals surface area contributed by atoms with Gasteiger partial charge >= 0.3 is 0 Å². The molecule has 2 aromatic carbocycles. The summed E-state index contributed by atoms with van der Waals surface area (Å²) >= 11 is 6.01. The Morgan fingerprint density at radius 3 is 2.62 bits per heavy atom. The van der Waals surface area contributed by atoms with Gasteiger partial charge in [0.25, 0.3) is 5.71 Å². The zero-order valence-electron chi connectivity index (χ0n) is 14.5. The van der Waals surface area contributed by atoms with Crippen LogP contribution in [-0.4, -0.2) is 21.7 Å². The van der Waals surface area contributed by atoms with Crippen LogP contribution in [0.3, 0.4) is 0 Å². The highest BCUT2D eigenvalue weighted by Gasteiger charge is 2.21. The number of hydrogen-bond acceptors (Lipinski definition) is 5. The first-order chi connectivity index (χ1) is 12.7. The Kier molecular flexibility index (Phi) is 4.31. The van der Waals surface area contributed by atoms with Crippen molar-refractivity contribution in [1.29, 1.82) is 0 Å². The topological polar surface area (TPSA) is 55.1 Å². The second-order valence-corrected chi connectivity index (χ2v) is 6.44. The third kappa shape index (κ3) is 2.91. The molecule has 0 aliphatic rings. The monoisotopic (exact) mass is 364 g/mol. The first kappa shape index (κ1) is 16.5. The van der Waals surface area contributed by atoms with Crippen LogP contribution in [0.1, 0.15) is 12.5 Å². The van der Waals surface area contributed by atoms with E-state index in [2.05, 4.69) is 52.1 Å². The number of halogens is 1. The summed E-state index contributed by atoms with van der Waals surface area (Å²) in [5, 5.41) is 5.70. The van der Waals surface area contributed by atoms with Gasteiger partial charge in [-0.05, 0) is 43.7 Å². The first-order valence-corrected chi connectivity index (χ1v) is 8.75. The van der Waals surface area contributed by atoms with E-state index in [1.165, 1.54) is 11.9 Å². The normalized spacial score (nSPS) is 11.0. The van der Waals surface area contributed by atoms with E-state index < -0.39 is 0 Å². The zero-order chi connectivity index (χ0) is 18.1. The minimum absolute atomic E-state index is 0.464. The Labute approximate surface area is 156 Å². The number of aromatic nitrogens is 3. The van der Waals surface area contributed by atoms with Crippen LogP contribution in [0.2, 0.25) is 5.02 Å². The first-order valence-electron chi connectivity index (χ1n) is 8.38. The van der Waals surface area contributed by atoms with Gasteiger partial charge in [0.05, 0.1) is 0 Å². The molecule has 0 spiro atoms. The quantitative estimate of drug-likeness (QED) is 0.485. The summed E-state index contributed by atoms with van der Waals surface area (Å²) in [6.07, 6.45) is 1.51. The molecule has 0 unspecified atom stereocenters. The number of aryl methyl sites for hydroxylation is 1. The van der Waals surface area contributed by atoms with Gasteiger partial charge in [-0.1, -0.05) is 41.0 Å². The van der Waals surface area contributed by atoms with Crippen LogP contribution in [0.15, 0.2) is 59.4 Å². The Hall–Kier alpha value is -2.92. The summed E-state index contributed by atoms with van der Waals surface area (Å²) in [4.78, 5) is 10.9. The van der Waals surface area contributed by atoms with Crippen molar-refractivity contribution in [2.24, 2.45) is 0 Å². The van der Waals surface area contributed by atoms with E-state index >= 15 is 0 Å². The highest BCUT2D eigenvalue weighted by molar-refractivity contribution is 6.30. The number of fused-ring (bicyclic) bond motifs is 1. The van der Waals surface area contributed by atoms with Crippen LogP contribution in [0.4, 0.5) is 11.5 Å². The molecule has 0 N–H and O–H groups in total. The smallest absolute Gasteiger partial charge is 0.263 e. The molecule has 2 aromatic heterocycles. The summed E-state index contributed by atoms with van der Waals surface area (Å²) in [5.74, 6) is 0.773. The Balaban J connectivity index is 1.92. The van der Waals surface area contributed by atoms with E-state index in [-0.39, 0.29) is 0 Å². The van der Waals surface area contributed by atoms with Crippen molar-refractivity contribution in [3.63, 3.8) is 0 Å². The molecular formula is C20H17ClN4O. The van der Waals surface area contributed by atoms with Crippen molar-refractivity contribution in [2.45, 2.75) is 13.8 Å². The standard InChI is InChI=1S/C20H17ClN4O/c1-3-25(16-6-4-5-13(2)11-16)19-17-18(14-7-9-15(21)10-8-14)24-26-20(17)23-12-22-19/h4-12H,3H2,1-2H3. The SMILES string of the molecule is CCN(c1cccc(C)c1)c1ncnc2onc(-c3ccc(Cl)cc3)c12. The van der Waals surface area contributed by atoms with Gasteiger partial charge in [-0.3, -0.25) is 0 Å². The van der Waals surface area contributed by atoms with Gasteiger partial charge < -0.3 is 9.42 Å². The van der Waals surface area contributed by atoms with E-state index in [1.807, 2.05) is 30.3 Å². The summed E-state index contributed by atoms with van der Waals surface area (Å²) in [6, 6.07) is 15.8. The van der Waals surface area contributed by atoms with Gasteiger partial charge in [-0.15, -0.1) is 0 Å². The van der Waals surface area contributed by atoms with Crippen molar-refractivity contribution in [3.05, 3.63) is 65.4 Å². The molecule has 5 nitrogen and oxygen atoms in total. The van der Waals surface area contributed by atoms with Crippen molar-refractivity contribution >= 4 is 34.2 Å². The number of anilines is 2. The summed E-state index contributed by atoms with van der Waals surface area (Å²) < 4.78 is 5.47. The van der Waals surface area contributed by atoms with E-state index in [4.69, 9.17) is 16.1 Å². The number of benzene rings is 2. The fourth-order valence-corrected chi connectivity index (χ4v) is 3.16. The lowest BCUT2D eigenvalue weighted by atomic mass is 10.1. The molecular weight excluding hydrogens is 348 g/mol. The predicted molar refractivity (Wildman–Crippen MR) is 104 cm³/mol. The van der Waals surface area contributed by atoms with Crippen LogP contribution >= 0.6 is 11.6 Å². The largest absolute Gasteiger partial charge is 0.335 e. The van der Waals surface area contributed by atoms with Crippen molar-refractivity contribution in [1.82, 2.24) is 15.1 Å². The second kappa shape index (κ2) is 6.77. The van der Waals surface area contributed by atoms with Crippen LogP contribution in [0.25, 0.3) is 22.4 Å². The summed E-state index contributed by atoms with van der Waals surface area (Å²) in [7, 11) is 0. The zero-order valence-corrected chi connectivity index (χ0v) is 15.2. The lowest BCUT2D eigenvalue weighted by molar-refractivity contribution is 0.451. The lowest BCUT2D eigenvalue weighted by Gasteiger charge is -2.23. The fourth-order valence-electron chi connectivity index (χ4n) is 3.03. The second-order valence-electron chi connectivity index (χ2n) is 6.00. The van der Waals surface area contributed by atoms with E-state index in [9.17, 15) is 0 Å². The molecule has 2 heterocycles. The van der Waals surface area contributed by atoms with Crippen LogP contribution in [0, 0.1) is 6.92 Å². The minimum atomic E-state index is 0.464. The molecule has 0 bridgehead atoms. The maximum atomic E-state index is 6.01. The van der Waals surface area contributed by atoms with E-state index in [0.29, 0.717) is 16.4 Å². The van der Waals surface area contributed by atoms with Crippen molar-refractivity contribution in [2.75, 3.05) is 11.4 Å². The molecule has 0 radical (unpaired) electrons. The Bertz CT molecular complexity index is 1060. The van der Waals surface area contributed by atoms with Crippen molar-refractivity contribution < 1.29 is 4.52 Å². The average molecular weight is 365 g/mol. The molecule has 26 heavy (non-hydrogen) atoms. The van der Waals surface area contributed by atoms with Crippen LogP contribution < -0.4 is 4.90 Å². The van der Waals surface area contributed by atoms with Gasteiger partial charge in [-0.25, -0.2) is 4.98 Å². The average Bonchev–Trinajstić information content (AvgIpc) is 3.08. The molecule has 0 aliphatic carbocycles. The maximum absolute atomic E-state index is 6.01. The molecule has 4 aromatic rings. The number of nitrogens with zero attached hydrogens (tertiary/aromatic N) is 4. The molecule has 0 aliphatic heterocycles. The van der Waals surface area contributed by atoms with E-state index in [1.54, 1.807) is 0 Å². The summed E-state index contributed by atoms with van der Waals surface area (Å²) in [5.41, 5.74) is 4.33. The minimum Gasteiger partial charge on any atom is -0.335 e. The van der Waals surface area contributed by atoms with Gasteiger partial charge in [0.15, 0.2) is 0 Å². The lowest BCUT2D eigenvalue weighted by Crippen LogP contribution is -2.18. The van der Waals surface area contributed by atoms with Crippen LogP contribution in [-0.2, 0) is 0 Å². The third-order valence-corrected chi connectivity index (χ3v) is 4.51. The molecule has 0 saturated heterocycles. The summed E-state index contributed by atoms with van der Waals surface area (Å²) in [6.45, 7) is 4.91. The highest BCUT2D eigenvalue weighted by Crippen LogP contribution is 2.36. The molecule has 0 atom stereocenters. The fraction of sp³-hybridized carbons (Fsp3) is 0.150. The third-order valence-electron chi connectivity index (χ3n) is 4.26. The molecule has 0 fully saturated rings. The van der Waals surface area contributed by atoms with E-state index in [0.717, 1.165) is 29.0 Å². The predicted octanol–water partition coefficient (Wildman–Crippen LogP) is 5.40. The molecule has 0 saturated carbocycles. The van der Waals surface area contributed by atoms with Gasteiger partial charge in [-0.2, -0.15) is 4.98 Å². The van der Waals surface area contributed by atoms with Gasteiger partial charge in [0.1, 0.15) is 23.2 Å². The molecule has 4 rings (SSSR count). The Morgan fingerprint density at radius 1 is 1.08 bits per heavy atom. The van der Waals surface area contributed by atoms with Crippen LogP contribution in [0.5, 0.6) is 0 Å². The molecule has 6 heteroatoms. The van der Waals surface area contributed by atoms with Gasteiger partial charge in [0.2, 0.25) is 0 Å².